The molecule has 0 unspecified atom stereocenters. The predicted octanol–water partition coefficient (Wildman–Crippen LogP) is 2.37. The van der Waals surface area contributed by atoms with Gasteiger partial charge in [0.1, 0.15) is 17.9 Å². The van der Waals surface area contributed by atoms with Gasteiger partial charge in [0.15, 0.2) is 12.9 Å². The molecular weight excluding hydrogens is 356 g/mol. The van der Waals surface area contributed by atoms with Crippen LogP contribution in [0.1, 0.15) is 43.0 Å². The van der Waals surface area contributed by atoms with Gasteiger partial charge in [-0.15, -0.1) is 0 Å². The van der Waals surface area contributed by atoms with E-state index >= 15 is 0 Å². The zero-order valence-electron chi connectivity index (χ0n) is 15.5. The maximum Gasteiger partial charge on any atom is 0.325 e. The Hall–Kier alpha value is -2.97. The van der Waals surface area contributed by atoms with Crippen molar-refractivity contribution in [2.24, 2.45) is 0 Å². The Labute approximate surface area is 157 Å². The molecule has 9 heteroatoms. The van der Waals surface area contributed by atoms with Crippen LogP contribution in [0.4, 0.5) is 5.69 Å². The molecule has 1 rings (SSSR count). The number of methoxy groups -OCH3 is 1. The second kappa shape index (κ2) is 11.6. The highest BCUT2D eigenvalue weighted by atomic mass is 16.6. The normalized spacial score (nSPS) is 10.1. The lowest BCUT2D eigenvalue weighted by Crippen LogP contribution is -2.39. The van der Waals surface area contributed by atoms with Crippen LogP contribution in [0.15, 0.2) is 18.2 Å². The van der Waals surface area contributed by atoms with Gasteiger partial charge in [-0.05, 0) is 12.5 Å². The topological polar surface area (TPSA) is 116 Å². The second-order valence-corrected chi connectivity index (χ2v) is 5.80. The van der Waals surface area contributed by atoms with Crippen molar-refractivity contribution in [2.45, 2.75) is 32.6 Å². The molecule has 0 heterocycles. The van der Waals surface area contributed by atoms with Crippen LogP contribution in [0, 0.1) is 10.1 Å². The number of rotatable bonds is 12. The first-order valence-corrected chi connectivity index (χ1v) is 8.64. The van der Waals surface area contributed by atoms with Gasteiger partial charge < -0.3 is 14.4 Å². The molecule has 0 aliphatic heterocycles. The third kappa shape index (κ3) is 7.04. The van der Waals surface area contributed by atoms with Crippen LogP contribution in [0.5, 0.6) is 5.75 Å². The van der Waals surface area contributed by atoms with Crippen LogP contribution in [-0.2, 0) is 14.3 Å². The minimum absolute atomic E-state index is 0.0587. The van der Waals surface area contributed by atoms with Crippen molar-refractivity contribution in [3.63, 3.8) is 0 Å². The number of nitrogens with zero attached hydrogens (tertiary/aromatic N) is 2. The number of unbranched alkanes of at least 4 members (excludes halogenated alkanes) is 3. The number of hydrogen-bond acceptors (Lipinski definition) is 7. The number of ether oxygens (including phenoxy) is 2. The molecule has 0 radical (unpaired) electrons. The van der Waals surface area contributed by atoms with E-state index < -0.39 is 29.1 Å². The minimum atomic E-state index is -0.699. The van der Waals surface area contributed by atoms with E-state index in [2.05, 4.69) is 11.7 Å². The van der Waals surface area contributed by atoms with Crippen molar-refractivity contribution in [3.8, 4) is 5.75 Å². The molecule has 1 aromatic rings. The van der Waals surface area contributed by atoms with Crippen molar-refractivity contribution < 1.29 is 28.8 Å². The van der Waals surface area contributed by atoms with Gasteiger partial charge >= 0.3 is 5.97 Å². The molecule has 0 fully saturated rings. The summed E-state index contributed by atoms with van der Waals surface area (Å²) >= 11 is 0. The van der Waals surface area contributed by atoms with Gasteiger partial charge in [-0.1, -0.05) is 32.3 Å². The Morgan fingerprint density at radius 3 is 2.59 bits per heavy atom. The predicted molar refractivity (Wildman–Crippen MR) is 96.7 cm³/mol. The monoisotopic (exact) mass is 380 g/mol. The first kappa shape index (κ1) is 22.1. The average molecular weight is 380 g/mol. The minimum Gasteiger partial charge on any atom is -0.483 e. The largest absolute Gasteiger partial charge is 0.483 e. The van der Waals surface area contributed by atoms with Crippen molar-refractivity contribution in [1.82, 2.24) is 4.90 Å². The number of hydrogen-bond donors (Lipinski definition) is 0. The van der Waals surface area contributed by atoms with Gasteiger partial charge in [0.05, 0.1) is 12.0 Å². The Morgan fingerprint density at radius 1 is 1.26 bits per heavy atom. The number of carbonyl (C=O) groups excluding carboxylic acids is 3. The molecule has 1 aromatic carbocycles. The van der Waals surface area contributed by atoms with E-state index in [-0.39, 0.29) is 17.9 Å². The molecule has 148 valence electrons. The maximum absolute atomic E-state index is 12.4. The Balaban J connectivity index is 2.80. The average Bonchev–Trinajstić information content (AvgIpc) is 2.67. The number of carbonyl (C=O) groups is 3. The summed E-state index contributed by atoms with van der Waals surface area (Å²) in [6.45, 7) is 1.77. The number of amides is 1. The first-order valence-electron chi connectivity index (χ1n) is 8.64. The molecular formula is C18H24N2O7. The third-order valence-electron chi connectivity index (χ3n) is 3.89. The van der Waals surface area contributed by atoms with Crippen molar-refractivity contribution in [2.75, 3.05) is 26.8 Å². The summed E-state index contributed by atoms with van der Waals surface area (Å²) in [6, 6.07) is 3.91. The highest BCUT2D eigenvalue weighted by Crippen LogP contribution is 2.26. The van der Waals surface area contributed by atoms with E-state index in [0.717, 1.165) is 25.7 Å². The van der Waals surface area contributed by atoms with Gasteiger partial charge in [0.25, 0.3) is 11.6 Å². The summed E-state index contributed by atoms with van der Waals surface area (Å²) in [7, 11) is 1.23. The fourth-order valence-corrected chi connectivity index (χ4v) is 2.41. The highest BCUT2D eigenvalue weighted by molar-refractivity contribution is 5.86. The summed E-state index contributed by atoms with van der Waals surface area (Å²) in [5, 5.41) is 11.0. The summed E-state index contributed by atoms with van der Waals surface area (Å²) in [5.41, 5.74) is -0.640. The van der Waals surface area contributed by atoms with Gasteiger partial charge in [-0.25, -0.2) is 0 Å². The van der Waals surface area contributed by atoms with E-state index in [0.29, 0.717) is 12.8 Å². The molecule has 0 atom stereocenters. The lowest BCUT2D eigenvalue weighted by atomic mass is 10.2. The van der Waals surface area contributed by atoms with Crippen LogP contribution in [-0.4, -0.2) is 54.8 Å². The van der Waals surface area contributed by atoms with E-state index in [1.807, 2.05) is 0 Å². The quantitative estimate of drug-likeness (QED) is 0.180. The molecule has 0 bridgehead atoms. The molecule has 0 aromatic heterocycles. The first-order chi connectivity index (χ1) is 12.9. The SMILES string of the molecule is CCCCCCN(CC(=O)OC)C(=O)COc1cccc([N+](=O)[O-])c1C=O. The summed E-state index contributed by atoms with van der Waals surface area (Å²) in [5.74, 6) is -1.08. The number of esters is 1. The fraction of sp³-hybridized carbons (Fsp3) is 0.500. The summed E-state index contributed by atoms with van der Waals surface area (Å²) < 4.78 is 9.93. The maximum atomic E-state index is 12.4. The zero-order chi connectivity index (χ0) is 20.2. The molecule has 0 saturated heterocycles. The highest BCUT2D eigenvalue weighted by Gasteiger charge is 2.21. The van der Waals surface area contributed by atoms with Gasteiger partial charge in [0.2, 0.25) is 0 Å². The van der Waals surface area contributed by atoms with Gasteiger partial charge in [-0.2, -0.15) is 0 Å². The second-order valence-electron chi connectivity index (χ2n) is 5.80. The molecule has 0 N–H and O–H groups in total. The van der Waals surface area contributed by atoms with Gasteiger partial charge in [-0.3, -0.25) is 24.5 Å². The van der Waals surface area contributed by atoms with E-state index in [1.54, 1.807) is 0 Å². The van der Waals surface area contributed by atoms with Crippen molar-refractivity contribution >= 4 is 23.9 Å². The smallest absolute Gasteiger partial charge is 0.325 e. The molecule has 0 spiro atoms. The van der Waals surface area contributed by atoms with Crippen molar-refractivity contribution in [1.29, 1.82) is 0 Å². The molecule has 1 amide bonds. The number of benzene rings is 1. The van der Waals surface area contributed by atoms with E-state index in [4.69, 9.17) is 4.74 Å². The molecule has 0 aliphatic carbocycles. The van der Waals surface area contributed by atoms with Crippen LogP contribution < -0.4 is 4.74 Å². The van der Waals surface area contributed by atoms with E-state index in [9.17, 15) is 24.5 Å². The van der Waals surface area contributed by atoms with Crippen LogP contribution in [0.25, 0.3) is 0 Å². The van der Waals surface area contributed by atoms with E-state index in [1.165, 1.54) is 30.2 Å². The standard InChI is InChI=1S/C18H24N2O7/c1-3-4-5-6-10-19(11-18(23)26-2)17(22)13-27-16-9-7-8-15(20(24)25)14(16)12-21/h7-9,12H,3-6,10-11,13H2,1-2H3. The lowest BCUT2D eigenvalue weighted by Gasteiger charge is -2.21. The molecule has 9 nitrogen and oxygen atoms in total. The van der Waals surface area contributed by atoms with Crippen LogP contribution in [0.2, 0.25) is 0 Å². The number of nitro benzene ring substituents is 1. The molecule has 0 aliphatic rings. The number of aldehydes is 1. The fourth-order valence-electron chi connectivity index (χ4n) is 2.41. The Bertz CT molecular complexity index is 676. The van der Waals surface area contributed by atoms with Crippen LogP contribution >= 0.6 is 0 Å². The Kier molecular flexibility index (Phi) is 9.49. The van der Waals surface area contributed by atoms with Gasteiger partial charge in [0, 0.05) is 12.6 Å². The van der Waals surface area contributed by atoms with Crippen molar-refractivity contribution in [3.05, 3.63) is 33.9 Å². The Morgan fingerprint density at radius 2 is 2.00 bits per heavy atom. The molecule has 0 saturated carbocycles. The number of nitro groups is 1. The summed E-state index contributed by atoms with van der Waals surface area (Å²) in [6.07, 6.45) is 4.02. The zero-order valence-corrected chi connectivity index (χ0v) is 15.5. The third-order valence-corrected chi connectivity index (χ3v) is 3.89. The van der Waals surface area contributed by atoms with Crippen LogP contribution in [0.3, 0.4) is 0 Å². The molecule has 27 heavy (non-hydrogen) atoms. The summed E-state index contributed by atoms with van der Waals surface area (Å²) in [4.78, 5) is 46.7. The lowest BCUT2D eigenvalue weighted by molar-refractivity contribution is -0.385.